The number of ether oxygens (including phenoxy) is 1. The lowest BCUT2D eigenvalue weighted by Crippen LogP contribution is -2.27. The minimum atomic E-state index is -0.112. The van der Waals surface area contributed by atoms with Crippen LogP contribution in [0.2, 0.25) is 0 Å². The van der Waals surface area contributed by atoms with Gasteiger partial charge in [-0.2, -0.15) is 5.26 Å². The van der Waals surface area contributed by atoms with Crippen LogP contribution in [0.25, 0.3) is 5.69 Å². The molecule has 23 heavy (non-hydrogen) atoms. The highest BCUT2D eigenvalue weighted by Crippen LogP contribution is 2.23. The quantitative estimate of drug-likeness (QED) is 0.897. The first-order chi connectivity index (χ1) is 11.1. The van der Waals surface area contributed by atoms with Gasteiger partial charge in [0, 0.05) is 12.3 Å². The molecule has 1 saturated heterocycles. The summed E-state index contributed by atoms with van der Waals surface area (Å²) in [6.07, 6.45) is 2.26. The van der Waals surface area contributed by atoms with Gasteiger partial charge in [0.2, 0.25) is 5.91 Å². The Morgan fingerprint density at radius 2 is 2.22 bits per heavy atom. The fourth-order valence-corrected chi connectivity index (χ4v) is 2.61. The summed E-state index contributed by atoms with van der Waals surface area (Å²) in [6, 6.07) is 9.17. The molecule has 0 spiro atoms. The zero-order valence-electron chi connectivity index (χ0n) is 12.7. The molecule has 1 aromatic carbocycles. The molecule has 1 fully saturated rings. The SMILES string of the molecule is C[C@@H]1OCC[C@@H]1C(=O)Nc1ccc(-n2cc(C#N)c(N)n2)cc1. The maximum Gasteiger partial charge on any atom is 0.230 e. The normalized spacial score (nSPS) is 20.2. The Bertz CT molecular complexity index is 760. The fourth-order valence-electron chi connectivity index (χ4n) is 2.61. The van der Waals surface area contributed by atoms with Crippen molar-refractivity contribution in [2.24, 2.45) is 5.92 Å². The van der Waals surface area contributed by atoms with E-state index in [2.05, 4.69) is 10.4 Å². The predicted octanol–water partition coefficient (Wildman–Crippen LogP) is 1.69. The number of benzene rings is 1. The van der Waals surface area contributed by atoms with Gasteiger partial charge in [0.15, 0.2) is 5.82 Å². The molecular weight excluding hydrogens is 294 g/mol. The van der Waals surface area contributed by atoms with Crippen LogP contribution >= 0.6 is 0 Å². The fraction of sp³-hybridized carbons (Fsp3) is 0.312. The molecular formula is C16H17N5O2. The standard InChI is InChI=1S/C16H17N5O2/c1-10-14(6-7-23-10)16(22)19-12-2-4-13(5-3-12)21-9-11(8-17)15(18)20-21/h2-5,9-10,14H,6-7H2,1H3,(H2,18,20)(H,19,22)/t10-,14-/m0/s1. The smallest absolute Gasteiger partial charge is 0.230 e. The Morgan fingerprint density at radius 1 is 1.48 bits per heavy atom. The second-order valence-corrected chi connectivity index (χ2v) is 5.49. The Kier molecular flexibility index (Phi) is 4.00. The summed E-state index contributed by atoms with van der Waals surface area (Å²) in [5.74, 6) is 0.0525. The number of hydrogen-bond donors (Lipinski definition) is 2. The summed E-state index contributed by atoms with van der Waals surface area (Å²) in [5, 5.41) is 15.9. The second-order valence-electron chi connectivity index (χ2n) is 5.49. The Balaban J connectivity index is 1.72. The van der Waals surface area contributed by atoms with E-state index in [9.17, 15) is 4.79 Å². The van der Waals surface area contributed by atoms with E-state index < -0.39 is 0 Å². The first-order valence-electron chi connectivity index (χ1n) is 7.36. The van der Waals surface area contributed by atoms with Crippen LogP contribution in [-0.4, -0.2) is 28.4 Å². The van der Waals surface area contributed by atoms with E-state index in [1.54, 1.807) is 30.5 Å². The van der Waals surface area contributed by atoms with Crippen molar-refractivity contribution in [1.82, 2.24) is 9.78 Å². The number of carbonyl (C=O) groups is 1. The number of aromatic nitrogens is 2. The van der Waals surface area contributed by atoms with E-state index in [-0.39, 0.29) is 23.7 Å². The van der Waals surface area contributed by atoms with Crippen molar-refractivity contribution in [3.8, 4) is 11.8 Å². The summed E-state index contributed by atoms with van der Waals surface area (Å²) in [4.78, 5) is 12.2. The van der Waals surface area contributed by atoms with Gasteiger partial charge in [-0.15, -0.1) is 5.10 Å². The Hall–Kier alpha value is -2.85. The number of hydrogen-bond acceptors (Lipinski definition) is 5. The van der Waals surface area contributed by atoms with Gasteiger partial charge in [-0.3, -0.25) is 4.79 Å². The summed E-state index contributed by atoms with van der Waals surface area (Å²) >= 11 is 0. The third-order valence-electron chi connectivity index (χ3n) is 3.98. The number of nitrogens with two attached hydrogens (primary N) is 1. The lowest BCUT2D eigenvalue weighted by atomic mass is 10.0. The van der Waals surface area contributed by atoms with Crippen LogP contribution in [0.4, 0.5) is 11.5 Å². The number of nitrogens with zero attached hydrogens (tertiary/aromatic N) is 3. The van der Waals surface area contributed by atoms with E-state index in [1.807, 2.05) is 13.0 Å². The van der Waals surface area contributed by atoms with E-state index in [1.165, 1.54) is 4.68 Å². The minimum Gasteiger partial charge on any atom is -0.381 e. The third kappa shape index (κ3) is 3.03. The lowest BCUT2D eigenvalue weighted by molar-refractivity contribution is -0.121. The van der Waals surface area contributed by atoms with Gasteiger partial charge in [-0.1, -0.05) is 0 Å². The van der Waals surface area contributed by atoms with Crippen LogP contribution in [0.3, 0.4) is 0 Å². The molecule has 7 heteroatoms. The minimum absolute atomic E-state index is 0.0298. The average Bonchev–Trinajstić information content (AvgIpc) is 3.13. The maximum absolute atomic E-state index is 12.2. The van der Waals surface area contributed by atoms with Gasteiger partial charge in [-0.25, -0.2) is 4.68 Å². The molecule has 0 saturated carbocycles. The first-order valence-corrected chi connectivity index (χ1v) is 7.36. The summed E-state index contributed by atoms with van der Waals surface area (Å²) in [7, 11) is 0. The van der Waals surface area contributed by atoms with Gasteiger partial charge in [0.25, 0.3) is 0 Å². The predicted molar refractivity (Wildman–Crippen MR) is 84.8 cm³/mol. The third-order valence-corrected chi connectivity index (χ3v) is 3.98. The first kappa shape index (κ1) is 15.1. The molecule has 0 unspecified atom stereocenters. The van der Waals surface area contributed by atoms with E-state index >= 15 is 0 Å². The highest BCUT2D eigenvalue weighted by atomic mass is 16.5. The number of nitrogen functional groups attached to an aromatic ring is 1. The van der Waals surface area contributed by atoms with Crippen LogP contribution in [0.5, 0.6) is 0 Å². The number of nitriles is 1. The van der Waals surface area contributed by atoms with Crippen molar-refractivity contribution < 1.29 is 9.53 Å². The van der Waals surface area contributed by atoms with Crippen molar-refractivity contribution in [2.75, 3.05) is 17.7 Å². The van der Waals surface area contributed by atoms with Gasteiger partial charge in [0.1, 0.15) is 11.6 Å². The lowest BCUT2D eigenvalue weighted by Gasteiger charge is -2.14. The number of anilines is 2. The van der Waals surface area contributed by atoms with Crippen molar-refractivity contribution in [1.29, 1.82) is 5.26 Å². The van der Waals surface area contributed by atoms with E-state index in [0.29, 0.717) is 17.9 Å². The average molecular weight is 311 g/mol. The van der Waals surface area contributed by atoms with Crippen LogP contribution in [0.1, 0.15) is 18.9 Å². The van der Waals surface area contributed by atoms with Gasteiger partial charge in [0.05, 0.1) is 23.9 Å². The summed E-state index contributed by atoms with van der Waals surface area (Å²) < 4.78 is 6.95. The Labute approximate surface area is 133 Å². The molecule has 0 radical (unpaired) electrons. The van der Waals surface area contributed by atoms with Gasteiger partial charge < -0.3 is 15.8 Å². The number of carbonyl (C=O) groups excluding carboxylic acids is 1. The van der Waals surface area contributed by atoms with E-state index in [4.69, 9.17) is 15.7 Å². The highest BCUT2D eigenvalue weighted by molar-refractivity contribution is 5.93. The van der Waals surface area contributed by atoms with Crippen LogP contribution in [0.15, 0.2) is 30.5 Å². The molecule has 0 aliphatic carbocycles. The van der Waals surface area contributed by atoms with Gasteiger partial charge in [-0.05, 0) is 37.6 Å². The summed E-state index contributed by atoms with van der Waals surface area (Å²) in [5.41, 5.74) is 7.44. The zero-order chi connectivity index (χ0) is 16.4. The van der Waals surface area contributed by atoms with Crippen LogP contribution in [-0.2, 0) is 9.53 Å². The maximum atomic E-state index is 12.2. The van der Waals surface area contributed by atoms with Crippen molar-refractivity contribution >= 4 is 17.4 Å². The number of rotatable bonds is 3. The molecule has 1 aliphatic rings. The molecule has 2 heterocycles. The molecule has 2 aromatic rings. The molecule has 1 amide bonds. The van der Waals surface area contributed by atoms with Crippen molar-refractivity contribution in [3.05, 3.63) is 36.0 Å². The van der Waals surface area contributed by atoms with Crippen LogP contribution < -0.4 is 11.1 Å². The molecule has 3 rings (SSSR count). The monoisotopic (exact) mass is 311 g/mol. The molecule has 1 aromatic heterocycles. The topological polar surface area (TPSA) is 106 Å². The Morgan fingerprint density at radius 3 is 2.78 bits per heavy atom. The van der Waals surface area contributed by atoms with Crippen molar-refractivity contribution in [3.63, 3.8) is 0 Å². The van der Waals surface area contributed by atoms with Gasteiger partial charge >= 0.3 is 0 Å². The molecule has 7 nitrogen and oxygen atoms in total. The molecule has 118 valence electrons. The highest BCUT2D eigenvalue weighted by Gasteiger charge is 2.30. The van der Waals surface area contributed by atoms with Crippen LogP contribution in [0, 0.1) is 17.2 Å². The molecule has 1 aliphatic heterocycles. The molecule has 0 bridgehead atoms. The van der Waals surface area contributed by atoms with Crippen molar-refractivity contribution in [2.45, 2.75) is 19.4 Å². The zero-order valence-corrected chi connectivity index (χ0v) is 12.7. The van der Waals surface area contributed by atoms with E-state index in [0.717, 1.165) is 12.1 Å². The molecule has 3 N–H and O–H groups in total. The summed E-state index contributed by atoms with van der Waals surface area (Å²) in [6.45, 7) is 2.54. The molecule has 2 atom stereocenters. The second kappa shape index (κ2) is 6.10. The number of nitrogens with one attached hydrogen (secondary N) is 1. The number of amides is 1. The largest absolute Gasteiger partial charge is 0.381 e.